The lowest BCUT2D eigenvalue weighted by Gasteiger charge is -1.96. The summed E-state index contributed by atoms with van der Waals surface area (Å²) in [7, 11) is 1.84. The summed E-state index contributed by atoms with van der Waals surface area (Å²) in [5.74, 6) is -0.123. The van der Waals surface area contributed by atoms with E-state index < -0.39 is 0 Å². The van der Waals surface area contributed by atoms with Gasteiger partial charge in [-0.25, -0.2) is 0 Å². The summed E-state index contributed by atoms with van der Waals surface area (Å²) >= 11 is 0. The Labute approximate surface area is 55.6 Å². The molecule has 0 aromatic rings. The maximum absolute atomic E-state index is 10.2. The fourth-order valence-electron chi connectivity index (χ4n) is 0.494. The third-order valence-corrected chi connectivity index (χ3v) is 0.845. The zero-order chi connectivity index (χ0) is 7.28. The van der Waals surface area contributed by atoms with Gasteiger partial charge in [0.2, 0.25) is 0 Å². The van der Waals surface area contributed by atoms with Gasteiger partial charge < -0.3 is 4.74 Å². The lowest BCUT2D eigenvalue weighted by atomic mass is 10.6. The van der Waals surface area contributed by atoms with Crippen molar-refractivity contribution in [3.8, 4) is 0 Å². The van der Waals surface area contributed by atoms with Gasteiger partial charge in [0.1, 0.15) is 6.73 Å². The molecule has 3 heteroatoms. The molecule has 0 unspecified atom stereocenters. The molecule has 0 amide bonds. The zero-order valence-corrected chi connectivity index (χ0v) is 6.18. The minimum absolute atomic E-state index is 0.123. The highest BCUT2D eigenvalue weighted by atomic mass is 16.6. The van der Waals surface area contributed by atoms with Crippen molar-refractivity contribution in [1.82, 2.24) is 4.90 Å². The highest BCUT2D eigenvalue weighted by molar-refractivity contribution is 5.72. The van der Waals surface area contributed by atoms with Gasteiger partial charge in [0, 0.05) is 0 Å². The summed E-state index contributed by atoms with van der Waals surface area (Å²) < 4.78 is 4.55. The first-order valence-corrected chi connectivity index (χ1v) is 3.13. The summed E-state index contributed by atoms with van der Waals surface area (Å²) in [5, 5.41) is 0. The first-order chi connectivity index (χ1) is 4.29. The van der Waals surface area contributed by atoms with Crippen LogP contribution in [0.2, 0.25) is 0 Å². The van der Waals surface area contributed by atoms with E-state index >= 15 is 0 Å². The lowest BCUT2D eigenvalue weighted by molar-refractivity contribution is -0.136. The van der Waals surface area contributed by atoms with Gasteiger partial charge in [0.05, 0.1) is 6.54 Å². The molecule has 54 valence electrons. The molecule has 0 radical (unpaired) electrons. The Morgan fingerprint density at radius 3 is 2.22 bits per heavy atom. The number of hydrogen-bond acceptors (Lipinski definition) is 3. The Balaban J connectivity index is 0.000000291. The van der Waals surface area contributed by atoms with Gasteiger partial charge in [-0.15, -0.1) is 0 Å². The first-order valence-electron chi connectivity index (χ1n) is 3.13. The standard InChI is InChI=1S/C4H7NO2.C2H6/c1-5-2-4(6)7-3-5;1-2/h2-3H2,1H3;1-2H3. The molecule has 0 aliphatic carbocycles. The van der Waals surface area contributed by atoms with Gasteiger partial charge in [0.25, 0.3) is 0 Å². The first kappa shape index (κ1) is 8.43. The zero-order valence-electron chi connectivity index (χ0n) is 6.18. The van der Waals surface area contributed by atoms with Gasteiger partial charge in [-0.05, 0) is 7.05 Å². The Kier molecular flexibility index (Phi) is 4.05. The highest BCUT2D eigenvalue weighted by Crippen LogP contribution is 1.94. The van der Waals surface area contributed by atoms with Crippen LogP contribution in [0.15, 0.2) is 0 Å². The molecular weight excluding hydrogens is 118 g/mol. The van der Waals surface area contributed by atoms with E-state index in [1.165, 1.54) is 0 Å². The van der Waals surface area contributed by atoms with Crippen LogP contribution in [0.4, 0.5) is 0 Å². The third kappa shape index (κ3) is 3.08. The monoisotopic (exact) mass is 131 g/mol. The van der Waals surface area contributed by atoms with Gasteiger partial charge in [-0.1, -0.05) is 13.8 Å². The maximum Gasteiger partial charge on any atom is 0.321 e. The normalized spacial score (nSPS) is 18.3. The van der Waals surface area contributed by atoms with E-state index in [0.29, 0.717) is 13.3 Å². The van der Waals surface area contributed by atoms with E-state index in [2.05, 4.69) is 4.74 Å². The third-order valence-electron chi connectivity index (χ3n) is 0.845. The van der Waals surface area contributed by atoms with E-state index in [1.807, 2.05) is 25.8 Å². The summed E-state index contributed by atoms with van der Waals surface area (Å²) in [4.78, 5) is 12.0. The molecule has 1 rings (SSSR count). The van der Waals surface area contributed by atoms with E-state index in [-0.39, 0.29) is 5.97 Å². The summed E-state index contributed by atoms with van der Waals surface area (Å²) in [6.07, 6.45) is 0. The SMILES string of the molecule is CC.CN1COC(=O)C1. The highest BCUT2D eigenvalue weighted by Gasteiger charge is 2.14. The van der Waals surface area contributed by atoms with Crippen molar-refractivity contribution in [3.63, 3.8) is 0 Å². The minimum atomic E-state index is -0.123. The minimum Gasteiger partial charge on any atom is -0.449 e. The predicted octanol–water partition coefficient (Wildman–Crippen LogP) is 0.459. The van der Waals surface area contributed by atoms with E-state index in [4.69, 9.17) is 0 Å². The van der Waals surface area contributed by atoms with Crippen molar-refractivity contribution in [2.75, 3.05) is 20.3 Å². The van der Waals surface area contributed by atoms with Crippen LogP contribution in [0.25, 0.3) is 0 Å². The van der Waals surface area contributed by atoms with Crippen molar-refractivity contribution < 1.29 is 9.53 Å². The Bertz CT molecular complexity index is 93.1. The van der Waals surface area contributed by atoms with Crippen LogP contribution in [0.1, 0.15) is 13.8 Å². The van der Waals surface area contributed by atoms with Gasteiger partial charge >= 0.3 is 5.97 Å². The maximum atomic E-state index is 10.2. The number of hydrogen-bond donors (Lipinski definition) is 0. The molecule has 0 bridgehead atoms. The largest absolute Gasteiger partial charge is 0.449 e. The smallest absolute Gasteiger partial charge is 0.321 e. The van der Waals surface area contributed by atoms with Crippen LogP contribution < -0.4 is 0 Å². The topological polar surface area (TPSA) is 29.5 Å². The van der Waals surface area contributed by atoms with Gasteiger partial charge in [-0.2, -0.15) is 0 Å². The Morgan fingerprint density at radius 2 is 2.11 bits per heavy atom. The molecule has 9 heavy (non-hydrogen) atoms. The van der Waals surface area contributed by atoms with Crippen LogP contribution in [-0.2, 0) is 9.53 Å². The lowest BCUT2D eigenvalue weighted by Crippen LogP contribution is -2.13. The number of cyclic esters (lactones) is 1. The summed E-state index contributed by atoms with van der Waals surface area (Å²) in [5.41, 5.74) is 0. The second-order valence-electron chi connectivity index (χ2n) is 1.66. The van der Waals surface area contributed by atoms with Crippen LogP contribution in [0, 0.1) is 0 Å². The fourth-order valence-corrected chi connectivity index (χ4v) is 0.494. The van der Waals surface area contributed by atoms with Gasteiger partial charge in [0.15, 0.2) is 0 Å². The summed E-state index contributed by atoms with van der Waals surface area (Å²) in [6, 6.07) is 0. The number of ether oxygens (including phenoxy) is 1. The van der Waals surface area contributed by atoms with Crippen molar-refractivity contribution in [2.24, 2.45) is 0 Å². The van der Waals surface area contributed by atoms with Crippen molar-refractivity contribution in [1.29, 1.82) is 0 Å². The predicted molar refractivity (Wildman–Crippen MR) is 34.9 cm³/mol. The van der Waals surface area contributed by atoms with E-state index in [1.54, 1.807) is 0 Å². The van der Waals surface area contributed by atoms with Crippen LogP contribution >= 0.6 is 0 Å². The molecule has 1 fully saturated rings. The number of rotatable bonds is 0. The number of esters is 1. The molecule has 1 heterocycles. The molecule has 0 aromatic heterocycles. The fraction of sp³-hybridized carbons (Fsp3) is 0.833. The van der Waals surface area contributed by atoms with Gasteiger partial charge in [-0.3, -0.25) is 9.69 Å². The quantitative estimate of drug-likeness (QED) is 0.447. The molecule has 1 aliphatic rings. The van der Waals surface area contributed by atoms with E-state index in [0.717, 1.165) is 0 Å². The molecule has 0 aromatic carbocycles. The van der Waals surface area contributed by atoms with E-state index in [9.17, 15) is 4.79 Å². The number of carbonyl (C=O) groups is 1. The molecule has 0 saturated carbocycles. The molecule has 3 nitrogen and oxygen atoms in total. The molecule has 1 aliphatic heterocycles. The second-order valence-corrected chi connectivity index (χ2v) is 1.66. The van der Waals surface area contributed by atoms with Crippen LogP contribution in [-0.4, -0.2) is 31.2 Å². The molecule has 0 spiro atoms. The van der Waals surface area contributed by atoms with Crippen molar-refractivity contribution >= 4 is 5.97 Å². The average Bonchev–Trinajstić information content (AvgIpc) is 2.20. The Hall–Kier alpha value is -0.570. The number of carbonyl (C=O) groups excluding carboxylic acids is 1. The van der Waals surface area contributed by atoms with Crippen molar-refractivity contribution in [3.05, 3.63) is 0 Å². The second kappa shape index (κ2) is 4.32. The molecule has 0 atom stereocenters. The van der Waals surface area contributed by atoms with Crippen molar-refractivity contribution in [2.45, 2.75) is 13.8 Å². The number of nitrogens with zero attached hydrogens (tertiary/aromatic N) is 1. The Morgan fingerprint density at radius 1 is 1.56 bits per heavy atom. The number of likely N-dealkylation sites (N-methyl/N-ethyl adjacent to an activating group) is 1. The molecule has 0 N–H and O–H groups in total. The van der Waals surface area contributed by atoms with Crippen LogP contribution in [0.3, 0.4) is 0 Å². The summed E-state index contributed by atoms with van der Waals surface area (Å²) in [6.45, 7) is 4.90. The molecule has 1 saturated heterocycles. The molecular formula is C6H13NO2. The average molecular weight is 131 g/mol. The van der Waals surface area contributed by atoms with Crippen LogP contribution in [0.5, 0.6) is 0 Å².